The third-order valence-electron chi connectivity index (χ3n) is 2.73. The molecule has 0 fully saturated rings. The second-order valence-corrected chi connectivity index (χ2v) is 4.45. The van der Waals surface area contributed by atoms with Gasteiger partial charge in [0.1, 0.15) is 11.5 Å². The van der Waals surface area contributed by atoms with E-state index in [1.165, 1.54) is 12.4 Å². The van der Waals surface area contributed by atoms with E-state index in [1.807, 2.05) is 6.92 Å². The normalized spacial score (nSPS) is 14.1. The molecule has 0 saturated carbocycles. The van der Waals surface area contributed by atoms with Crippen LogP contribution < -0.4 is 11.1 Å². The molecular formula is C12H20N4O. The zero-order valence-corrected chi connectivity index (χ0v) is 10.6. The largest absolute Gasteiger partial charge is 0.382 e. The van der Waals surface area contributed by atoms with E-state index in [9.17, 15) is 4.79 Å². The van der Waals surface area contributed by atoms with E-state index in [0.29, 0.717) is 17.4 Å². The van der Waals surface area contributed by atoms with E-state index in [0.717, 1.165) is 12.8 Å². The van der Waals surface area contributed by atoms with Crippen LogP contribution in [0.15, 0.2) is 12.4 Å². The van der Waals surface area contributed by atoms with Crippen LogP contribution in [-0.2, 0) is 0 Å². The summed E-state index contributed by atoms with van der Waals surface area (Å²) in [4.78, 5) is 19.6. The summed E-state index contributed by atoms with van der Waals surface area (Å²) >= 11 is 0. The van der Waals surface area contributed by atoms with Gasteiger partial charge in [0.2, 0.25) is 0 Å². The van der Waals surface area contributed by atoms with Crippen molar-refractivity contribution < 1.29 is 4.79 Å². The van der Waals surface area contributed by atoms with E-state index >= 15 is 0 Å². The van der Waals surface area contributed by atoms with Gasteiger partial charge in [0.05, 0.1) is 12.4 Å². The van der Waals surface area contributed by atoms with Gasteiger partial charge in [0.25, 0.3) is 5.91 Å². The summed E-state index contributed by atoms with van der Waals surface area (Å²) in [6.45, 7) is 6.31. The van der Waals surface area contributed by atoms with Gasteiger partial charge < -0.3 is 11.1 Å². The molecule has 94 valence electrons. The first-order valence-corrected chi connectivity index (χ1v) is 5.91. The SMILES string of the molecule is CCC(C)CC(C)NC(=O)c1cnc(N)cn1. The summed E-state index contributed by atoms with van der Waals surface area (Å²) < 4.78 is 0. The summed E-state index contributed by atoms with van der Waals surface area (Å²) in [5.74, 6) is 0.713. The lowest BCUT2D eigenvalue weighted by molar-refractivity contribution is 0.0930. The van der Waals surface area contributed by atoms with Gasteiger partial charge in [-0.3, -0.25) is 4.79 Å². The maximum atomic E-state index is 11.8. The monoisotopic (exact) mass is 236 g/mol. The number of rotatable bonds is 5. The number of nitrogen functional groups attached to an aromatic ring is 1. The number of anilines is 1. The van der Waals surface area contributed by atoms with Crippen LogP contribution in [0.1, 0.15) is 44.1 Å². The number of carbonyl (C=O) groups is 1. The fourth-order valence-electron chi connectivity index (χ4n) is 1.58. The van der Waals surface area contributed by atoms with Crippen molar-refractivity contribution in [3.05, 3.63) is 18.1 Å². The average Bonchev–Trinajstić information content (AvgIpc) is 2.29. The Morgan fingerprint density at radius 1 is 1.41 bits per heavy atom. The Balaban J connectivity index is 2.51. The molecule has 0 aliphatic carbocycles. The molecule has 0 aliphatic rings. The zero-order chi connectivity index (χ0) is 12.8. The highest BCUT2D eigenvalue weighted by Crippen LogP contribution is 2.09. The fourth-order valence-corrected chi connectivity index (χ4v) is 1.58. The Labute approximate surface area is 102 Å². The van der Waals surface area contributed by atoms with E-state index in [2.05, 4.69) is 29.1 Å². The van der Waals surface area contributed by atoms with Gasteiger partial charge in [-0.1, -0.05) is 20.3 Å². The lowest BCUT2D eigenvalue weighted by atomic mass is 10.0. The average molecular weight is 236 g/mol. The Morgan fingerprint density at radius 2 is 2.12 bits per heavy atom. The Hall–Kier alpha value is -1.65. The van der Waals surface area contributed by atoms with E-state index in [4.69, 9.17) is 5.73 Å². The van der Waals surface area contributed by atoms with Crippen LogP contribution in [0.4, 0.5) is 5.82 Å². The minimum absolute atomic E-state index is 0.136. The molecule has 2 unspecified atom stereocenters. The molecule has 0 saturated heterocycles. The minimum Gasteiger partial charge on any atom is -0.382 e. The number of amides is 1. The summed E-state index contributed by atoms with van der Waals surface area (Å²) in [5, 5.41) is 2.90. The maximum absolute atomic E-state index is 11.8. The van der Waals surface area contributed by atoms with Crippen LogP contribution in [0.25, 0.3) is 0 Å². The molecule has 0 aliphatic heterocycles. The molecule has 2 atom stereocenters. The van der Waals surface area contributed by atoms with Crippen LogP contribution in [0.2, 0.25) is 0 Å². The number of carbonyl (C=O) groups excluding carboxylic acids is 1. The summed E-state index contributed by atoms with van der Waals surface area (Å²) in [7, 11) is 0. The highest BCUT2D eigenvalue weighted by molar-refractivity contribution is 5.92. The first-order valence-electron chi connectivity index (χ1n) is 5.91. The smallest absolute Gasteiger partial charge is 0.271 e. The zero-order valence-electron chi connectivity index (χ0n) is 10.6. The molecule has 1 aromatic heterocycles. The fraction of sp³-hybridized carbons (Fsp3) is 0.583. The van der Waals surface area contributed by atoms with E-state index in [1.54, 1.807) is 0 Å². The molecule has 0 radical (unpaired) electrons. The van der Waals surface area contributed by atoms with Gasteiger partial charge in [0, 0.05) is 6.04 Å². The summed E-state index contributed by atoms with van der Waals surface area (Å²) in [5.41, 5.74) is 5.71. The quantitative estimate of drug-likeness (QED) is 0.814. The predicted octanol–water partition coefficient (Wildman–Crippen LogP) is 1.61. The second-order valence-electron chi connectivity index (χ2n) is 4.45. The summed E-state index contributed by atoms with van der Waals surface area (Å²) in [6.07, 6.45) is 4.85. The molecule has 0 bridgehead atoms. The highest BCUT2D eigenvalue weighted by atomic mass is 16.1. The van der Waals surface area contributed by atoms with Crippen molar-refractivity contribution in [3.8, 4) is 0 Å². The lowest BCUT2D eigenvalue weighted by Gasteiger charge is -2.17. The number of aromatic nitrogens is 2. The van der Waals surface area contributed by atoms with Crippen LogP contribution in [0, 0.1) is 5.92 Å². The number of nitrogens with zero attached hydrogens (tertiary/aromatic N) is 2. The molecule has 17 heavy (non-hydrogen) atoms. The molecule has 5 nitrogen and oxygen atoms in total. The molecular weight excluding hydrogens is 216 g/mol. The maximum Gasteiger partial charge on any atom is 0.271 e. The van der Waals surface area contributed by atoms with E-state index in [-0.39, 0.29) is 11.9 Å². The van der Waals surface area contributed by atoms with Crippen molar-refractivity contribution in [2.45, 2.75) is 39.7 Å². The van der Waals surface area contributed by atoms with Crippen LogP contribution in [0.3, 0.4) is 0 Å². The minimum atomic E-state index is -0.201. The molecule has 1 rings (SSSR count). The third kappa shape index (κ3) is 4.38. The van der Waals surface area contributed by atoms with Gasteiger partial charge >= 0.3 is 0 Å². The van der Waals surface area contributed by atoms with Gasteiger partial charge in [-0.15, -0.1) is 0 Å². The van der Waals surface area contributed by atoms with Crippen LogP contribution >= 0.6 is 0 Å². The van der Waals surface area contributed by atoms with Crippen molar-refractivity contribution in [1.82, 2.24) is 15.3 Å². The van der Waals surface area contributed by atoms with Crippen LogP contribution in [0.5, 0.6) is 0 Å². The predicted molar refractivity (Wildman–Crippen MR) is 67.4 cm³/mol. The molecule has 1 aromatic rings. The Bertz CT molecular complexity index is 363. The third-order valence-corrected chi connectivity index (χ3v) is 2.73. The topological polar surface area (TPSA) is 80.9 Å². The standard InChI is InChI=1S/C12H20N4O/c1-4-8(2)5-9(3)16-12(17)10-6-15-11(13)7-14-10/h6-9H,4-5H2,1-3H3,(H2,13,15)(H,16,17). The van der Waals surface area contributed by atoms with Gasteiger partial charge in [-0.25, -0.2) is 9.97 Å². The van der Waals surface area contributed by atoms with Gasteiger partial charge in [-0.2, -0.15) is 0 Å². The van der Waals surface area contributed by atoms with Gasteiger partial charge in [-0.05, 0) is 19.3 Å². The van der Waals surface area contributed by atoms with Crippen LogP contribution in [-0.4, -0.2) is 21.9 Å². The lowest BCUT2D eigenvalue weighted by Crippen LogP contribution is -2.34. The van der Waals surface area contributed by atoms with Crippen molar-refractivity contribution in [1.29, 1.82) is 0 Å². The van der Waals surface area contributed by atoms with Crippen molar-refractivity contribution >= 4 is 11.7 Å². The van der Waals surface area contributed by atoms with Crippen molar-refractivity contribution in [2.24, 2.45) is 5.92 Å². The molecule has 0 spiro atoms. The molecule has 3 N–H and O–H groups in total. The first-order chi connectivity index (χ1) is 8.02. The molecule has 1 heterocycles. The molecule has 0 aromatic carbocycles. The van der Waals surface area contributed by atoms with Gasteiger partial charge in [0.15, 0.2) is 0 Å². The number of nitrogens with one attached hydrogen (secondary N) is 1. The molecule has 1 amide bonds. The van der Waals surface area contributed by atoms with E-state index < -0.39 is 0 Å². The Morgan fingerprint density at radius 3 is 2.65 bits per heavy atom. The Kier molecular flexibility index (Phi) is 4.87. The molecule has 5 heteroatoms. The second kappa shape index (κ2) is 6.18. The van der Waals surface area contributed by atoms with Crippen molar-refractivity contribution in [2.75, 3.05) is 5.73 Å². The number of hydrogen-bond donors (Lipinski definition) is 2. The van der Waals surface area contributed by atoms with Crippen molar-refractivity contribution in [3.63, 3.8) is 0 Å². The number of nitrogens with two attached hydrogens (primary N) is 1. The number of hydrogen-bond acceptors (Lipinski definition) is 4. The highest BCUT2D eigenvalue weighted by Gasteiger charge is 2.13. The first kappa shape index (κ1) is 13.4. The summed E-state index contributed by atoms with van der Waals surface area (Å²) in [6, 6.07) is 0.136.